The molecule has 4 rings (SSSR count). The summed E-state index contributed by atoms with van der Waals surface area (Å²) in [6.45, 7) is 0. The first-order valence-corrected chi connectivity index (χ1v) is 10.8. The van der Waals surface area contributed by atoms with Crippen molar-refractivity contribution >= 4 is 17.5 Å². The third kappa shape index (κ3) is 4.58. The molecule has 0 saturated heterocycles. The molecule has 0 aliphatic heterocycles. The summed E-state index contributed by atoms with van der Waals surface area (Å²) < 4.78 is 20.1. The van der Waals surface area contributed by atoms with Crippen LogP contribution in [0, 0.1) is 0 Å². The van der Waals surface area contributed by atoms with Crippen LogP contribution in [0.2, 0.25) is 5.02 Å². The number of amides is 1. The largest absolute Gasteiger partial charge is 0.497 e. The zero-order valence-electron chi connectivity index (χ0n) is 19.3. The number of methoxy groups -OCH3 is 3. The fourth-order valence-electron chi connectivity index (χ4n) is 3.74. The molecule has 0 bridgehead atoms. The lowest BCUT2D eigenvalue weighted by Gasteiger charge is -2.21. The molecular formula is C25H25ClN4O4. The average Bonchev–Trinajstić information content (AvgIpc) is 3.54. The Hall–Kier alpha value is -3.91. The lowest BCUT2D eigenvalue weighted by atomic mass is 10.0. The number of nitrogens with zero attached hydrogens (tertiary/aromatic N) is 3. The molecule has 1 N–H and O–H groups in total. The lowest BCUT2D eigenvalue weighted by Crippen LogP contribution is -2.31. The van der Waals surface area contributed by atoms with Crippen molar-refractivity contribution in [2.24, 2.45) is 7.05 Å². The van der Waals surface area contributed by atoms with Gasteiger partial charge in [-0.2, -0.15) is 0 Å². The van der Waals surface area contributed by atoms with Gasteiger partial charge in [-0.05, 0) is 35.9 Å². The highest BCUT2D eigenvalue weighted by molar-refractivity contribution is 6.33. The molecular weight excluding hydrogens is 456 g/mol. The van der Waals surface area contributed by atoms with E-state index in [1.807, 2.05) is 59.0 Å². The van der Waals surface area contributed by atoms with Gasteiger partial charge in [0.25, 0.3) is 5.91 Å². The number of rotatable bonds is 8. The molecule has 1 atom stereocenters. The minimum absolute atomic E-state index is 0.303. The van der Waals surface area contributed by atoms with Crippen molar-refractivity contribution in [2.75, 3.05) is 21.3 Å². The van der Waals surface area contributed by atoms with E-state index in [0.29, 0.717) is 39.3 Å². The summed E-state index contributed by atoms with van der Waals surface area (Å²) >= 11 is 6.55. The van der Waals surface area contributed by atoms with E-state index in [2.05, 4.69) is 10.3 Å². The topological polar surface area (TPSA) is 79.5 Å². The zero-order chi connectivity index (χ0) is 24.2. The number of nitrogens with one attached hydrogen (secondary N) is 1. The third-order valence-electron chi connectivity index (χ3n) is 5.50. The predicted octanol–water partition coefficient (Wildman–Crippen LogP) is 4.41. The van der Waals surface area contributed by atoms with Crippen molar-refractivity contribution in [3.05, 3.63) is 89.2 Å². The van der Waals surface area contributed by atoms with Gasteiger partial charge in [0.1, 0.15) is 29.1 Å². The summed E-state index contributed by atoms with van der Waals surface area (Å²) in [5.74, 6) is 1.86. The molecule has 2 heterocycles. The monoisotopic (exact) mass is 480 g/mol. The van der Waals surface area contributed by atoms with Gasteiger partial charge >= 0.3 is 0 Å². The number of halogens is 1. The third-order valence-corrected chi connectivity index (χ3v) is 5.80. The van der Waals surface area contributed by atoms with Gasteiger partial charge in [-0.25, -0.2) is 4.98 Å². The van der Waals surface area contributed by atoms with Crippen molar-refractivity contribution < 1.29 is 19.0 Å². The Bertz CT molecular complexity index is 1280. The molecule has 176 valence electrons. The first-order valence-electron chi connectivity index (χ1n) is 10.5. The van der Waals surface area contributed by atoms with Crippen LogP contribution in [0.15, 0.2) is 67.3 Å². The summed E-state index contributed by atoms with van der Waals surface area (Å²) in [5, 5.41) is 3.49. The zero-order valence-corrected chi connectivity index (χ0v) is 20.0. The highest BCUT2D eigenvalue weighted by atomic mass is 35.5. The summed E-state index contributed by atoms with van der Waals surface area (Å²) in [7, 11) is 6.53. The second-order valence-corrected chi connectivity index (χ2v) is 7.95. The maximum atomic E-state index is 13.5. The van der Waals surface area contributed by atoms with E-state index in [0.717, 1.165) is 5.56 Å². The van der Waals surface area contributed by atoms with Gasteiger partial charge in [-0.1, -0.05) is 11.6 Å². The molecule has 8 nitrogen and oxygen atoms in total. The van der Waals surface area contributed by atoms with Crippen molar-refractivity contribution in [3.8, 4) is 22.9 Å². The van der Waals surface area contributed by atoms with Crippen LogP contribution in [0.5, 0.6) is 17.2 Å². The molecule has 1 amide bonds. The van der Waals surface area contributed by atoms with Crippen LogP contribution in [-0.2, 0) is 7.05 Å². The van der Waals surface area contributed by atoms with E-state index in [1.165, 1.54) is 7.11 Å². The summed E-state index contributed by atoms with van der Waals surface area (Å²) in [4.78, 5) is 18.0. The summed E-state index contributed by atoms with van der Waals surface area (Å²) in [6.07, 6.45) is 7.23. The summed E-state index contributed by atoms with van der Waals surface area (Å²) in [5.41, 5.74) is 1.75. The number of carbonyl (C=O) groups excluding carboxylic acids is 1. The number of aromatic nitrogens is 3. The smallest absolute Gasteiger partial charge is 0.255 e. The first kappa shape index (κ1) is 23.3. The van der Waals surface area contributed by atoms with Crippen molar-refractivity contribution in [2.45, 2.75) is 6.04 Å². The molecule has 1 unspecified atom stereocenters. The number of hydrogen-bond donors (Lipinski definition) is 1. The predicted molar refractivity (Wildman–Crippen MR) is 129 cm³/mol. The maximum Gasteiger partial charge on any atom is 0.255 e. The Balaban J connectivity index is 1.75. The van der Waals surface area contributed by atoms with Crippen LogP contribution >= 0.6 is 11.6 Å². The van der Waals surface area contributed by atoms with Crippen LogP contribution in [0.3, 0.4) is 0 Å². The minimum Gasteiger partial charge on any atom is -0.497 e. The molecule has 0 saturated carbocycles. The van der Waals surface area contributed by atoms with Crippen LogP contribution in [0.25, 0.3) is 5.69 Å². The Kier molecular flexibility index (Phi) is 6.79. The van der Waals surface area contributed by atoms with Gasteiger partial charge in [-0.15, -0.1) is 0 Å². The SMILES string of the molecule is COc1cc(OC)cc(C(NC(=O)c2cc(Cl)c(-n3cccc3)cc2OC)c2nccn2C)c1. The molecule has 9 heteroatoms. The number of imidazole rings is 1. The van der Waals surface area contributed by atoms with Crippen molar-refractivity contribution in [1.82, 2.24) is 19.4 Å². The fraction of sp³-hybridized carbons (Fsp3) is 0.200. The molecule has 2 aromatic carbocycles. The first-order chi connectivity index (χ1) is 16.4. The average molecular weight is 481 g/mol. The maximum absolute atomic E-state index is 13.5. The minimum atomic E-state index is -0.593. The van der Waals surface area contributed by atoms with E-state index < -0.39 is 6.04 Å². The molecule has 0 aliphatic carbocycles. The Morgan fingerprint density at radius 1 is 0.971 bits per heavy atom. The van der Waals surface area contributed by atoms with Gasteiger partial charge in [0, 0.05) is 44.0 Å². The quantitative estimate of drug-likeness (QED) is 0.404. The van der Waals surface area contributed by atoms with E-state index >= 15 is 0 Å². The van der Waals surface area contributed by atoms with Crippen LogP contribution < -0.4 is 19.5 Å². The van der Waals surface area contributed by atoms with Crippen molar-refractivity contribution in [3.63, 3.8) is 0 Å². The van der Waals surface area contributed by atoms with Gasteiger partial charge in [0.2, 0.25) is 0 Å². The second kappa shape index (κ2) is 9.93. The Morgan fingerprint density at radius 3 is 2.21 bits per heavy atom. The number of ether oxygens (including phenoxy) is 3. The molecule has 2 aromatic heterocycles. The molecule has 34 heavy (non-hydrogen) atoms. The highest BCUT2D eigenvalue weighted by Gasteiger charge is 2.25. The van der Waals surface area contributed by atoms with E-state index in [-0.39, 0.29) is 5.91 Å². The van der Waals surface area contributed by atoms with Crippen LogP contribution in [-0.4, -0.2) is 41.4 Å². The van der Waals surface area contributed by atoms with Crippen LogP contribution in [0.1, 0.15) is 27.8 Å². The Labute approximate surface area is 202 Å². The summed E-state index contributed by atoms with van der Waals surface area (Å²) in [6, 6.07) is 12.0. The molecule has 4 aromatic rings. The van der Waals surface area contributed by atoms with Gasteiger partial charge in [0.15, 0.2) is 0 Å². The van der Waals surface area contributed by atoms with Crippen LogP contribution in [0.4, 0.5) is 0 Å². The number of aryl methyl sites for hydroxylation is 1. The molecule has 0 spiro atoms. The number of hydrogen-bond acceptors (Lipinski definition) is 5. The van der Waals surface area contributed by atoms with E-state index in [1.54, 1.807) is 38.6 Å². The molecule has 0 fully saturated rings. The Morgan fingerprint density at radius 2 is 1.65 bits per heavy atom. The van der Waals surface area contributed by atoms with E-state index in [9.17, 15) is 4.79 Å². The lowest BCUT2D eigenvalue weighted by molar-refractivity contribution is 0.0938. The van der Waals surface area contributed by atoms with Gasteiger partial charge in [0.05, 0.1) is 37.6 Å². The fourth-order valence-corrected chi connectivity index (χ4v) is 4.00. The van der Waals surface area contributed by atoms with Gasteiger partial charge < -0.3 is 28.7 Å². The standard InChI is InChI=1S/C25H25ClN4O4/c1-29-10-7-27-24(29)23(16-11-17(32-2)13-18(12-16)33-3)28-25(31)19-14-20(26)21(15-22(19)34-4)30-8-5-6-9-30/h5-15,23H,1-4H3,(H,28,31). The number of carbonyl (C=O) groups is 1. The molecule has 0 radical (unpaired) electrons. The number of benzene rings is 2. The molecule has 0 aliphatic rings. The van der Waals surface area contributed by atoms with Crippen molar-refractivity contribution in [1.29, 1.82) is 0 Å². The van der Waals surface area contributed by atoms with E-state index in [4.69, 9.17) is 25.8 Å². The van der Waals surface area contributed by atoms with Gasteiger partial charge in [-0.3, -0.25) is 4.79 Å². The highest BCUT2D eigenvalue weighted by Crippen LogP contribution is 2.33. The normalized spacial score (nSPS) is 11.7. The second-order valence-electron chi connectivity index (χ2n) is 7.54.